The molecule has 1 unspecified atom stereocenters. The highest BCUT2D eigenvalue weighted by molar-refractivity contribution is 6.51. The van der Waals surface area contributed by atoms with Crippen molar-refractivity contribution < 1.29 is 19.1 Å². The summed E-state index contributed by atoms with van der Waals surface area (Å²) in [5.74, 6) is -2.59. The average molecular weight is 409 g/mol. The van der Waals surface area contributed by atoms with Crippen LogP contribution in [-0.2, 0) is 9.59 Å². The molecule has 3 aromatic rings. The van der Waals surface area contributed by atoms with Gasteiger partial charge in [-0.3, -0.25) is 19.5 Å². The minimum absolute atomic E-state index is 0.0900. The van der Waals surface area contributed by atoms with Crippen LogP contribution in [0.5, 0.6) is 0 Å². The van der Waals surface area contributed by atoms with Crippen molar-refractivity contribution >= 4 is 34.7 Å². The first-order valence-electron chi connectivity index (χ1n) is 8.70. The lowest BCUT2D eigenvalue weighted by Gasteiger charge is -2.25. The van der Waals surface area contributed by atoms with Crippen LogP contribution in [0, 0.1) is 5.82 Å². The topological polar surface area (TPSA) is 70.5 Å². The van der Waals surface area contributed by atoms with Crippen LogP contribution in [0.1, 0.15) is 17.2 Å². The number of Topliss-reactive ketones (excluding diaryl/α,β-unsaturated/α-hetero) is 1. The molecule has 2 heterocycles. The van der Waals surface area contributed by atoms with Crippen LogP contribution in [0.4, 0.5) is 10.1 Å². The van der Waals surface area contributed by atoms with Crippen LogP contribution < -0.4 is 4.90 Å². The Morgan fingerprint density at radius 3 is 2.38 bits per heavy atom. The maximum absolute atomic E-state index is 13.8. The zero-order chi connectivity index (χ0) is 20.5. The molecule has 1 aliphatic heterocycles. The Kier molecular flexibility index (Phi) is 4.86. The minimum atomic E-state index is -0.942. The smallest absolute Gasteiger partial charge is 0.300 e. The second-order valence-corrected chi connectivity index (χ2v) is 6.87. The molecule has 2 aromatic carbocycles. The molecule has 1 N–H and O–H groups in total. The summed E-state index contributed by atoms with van der Waals surface area (Å²) in [6.07, 6.45) is 2.93. The molecule has 1 amide bonds. The number of hydrogen-bond donors (Lipinski definition) is 1. The summed E-state index contributed by atoms with van der Waals surface area (Å²) in [7, 11) is 0. The van der Waals surface area contributed by atoms with Gasteiger partial charge < -0.3 is 5.11 Å². The van der Waals surface area contributed by atoms with Crippen LogP contribution in [0.3, 0.4) is 0 Å². The molecule has 4 rings (SSSR count). The van der Waals surface area contributed by atoms with Crippen molar-refractivity contribution in [2.75, 3.05) is 4.90 Å². The number of halogens is 2. The van der Waals surface area contributed by atoms with Crippen molar-refractivity contribution in [3.8, 4) is 0 Å². The maximum Gasteiger partial charge on any atom is 0.300 e. The van der Waals surface area contributed by atoms with Gasteiger partial charge in [-0.05, 0) is 48.0 Å². The first-order valence-corrected chi connectivity index (χ1v) is 9.07. The largest absolute Gasteiger partial charge is 0.507 e. The molecule has 1 atom stereocenters. The molecular formula is C22H14ClFN2O3. The van der Waals surface area contributed by atoms with Crippen LogP contribution in [0.15, 0.2) is 78.6 Å². The lowest BCUT2D eigenvalue weighted by Crippen LogP contribution is -2.29. The lowest BCUT2D eigenvalue weighted by molar-refractivity contribution is -0.132. The molecule has 0 bridgehead atoms. The van der Waals surface area contributed by atoms with E-state index in [-0.39, 0.29) is 17.0 Å². The second kappa shape index (κ2) is 7.48. The number of carbonyl (C=O) groups excluding carboxylic acids is 2. The van der Waals surface area contributed by atoms with E-state index in [9.17, 15) is 19.1 Å². The van der Waals surface area contributed by atoms with Gasteiger partial charge in [0.25, 0.3) is 11.7 Å². The van der Waals surface area contributed by atoms with Crippen molar-refractivity contribution in [2.45, 2.75) is 6.04 Å². The Hall–Kier alpha value is -3.51. The molecule has 1 aromatic heterocycles. The number of hydrogen-bond acceptors (Lipinski definition) is 4. The van der Waals surface area contributed by atoms with Crippen molar-refractivity contribution in [3.63, 3.8) is 0 Å². The van der Waals surface area contributed by atoms with Gasteiger partial charge in [-0.1, -0.05) is 29.8 Å². The summed E-state index contributed by atoms with van der Waals surface area (Å²) < 4.78 is 13.8. The summed E-state index contributed by atoms with van der Waals surface area (Å²) in [5, 5.41) is 11.3. The Morgan fingerprint density at radius 1 is 1.03 bits per heavy atom. The Labute approximate surface area is 170 Å². The molecule has 29 heavy (non-hydrogen) atoms. The summed E-state index contributed by atoms with van der Waals surface area (Å²) in [4.78, 5) is 30.9. The van der Waals surface area contributed by atoms with Crippen LogP contribution in [0.2, 0.25) is 5.02 Å². The lowest BCUT2D eigenvalue weighted by atomic mass is 9.95. The van der Waals surface area contributed by atoms with E-state index in [1.807, 2.05) is 0 Å². The number of aliphatic hydroxyl groups excluding tert-OH is 1. The number of aromatic nitrogens is 1. The summed E-state index contributed by atoms with van der Waals surface area (Å²) in [6.45, 7) is 0. The Morgan fingerprint density at radius 2 is 1.72 bits per heavy atom. The fraction of sp³-hybridized carbons (Fsp3) is 0.0455. The molecule has 0 aliphatic carbocycles. The number of aliphatic hydroxyl groups is 1. The third-order valence-corrected chi connectivity index (χ3v) is 4.92. The normalized spacial score (nSPS) is 18.3. The number of ketones is 1. The standard InChI is InChI=1S/C22H14ClFN2O3/c23-15-6-4-13(5-7-15)19-18(20(27)14-8-10-25-11-9-14)21(28)22(29)26(19)17-3-1-2-16(24)12-17/h1-12,19,27H/b20-18+. The van der Waals surface area contributed by atoms with Crippen molar-refractivity contribution in [1.82, 2.24) is 4.98 Å². The van der Waals surface area contributed by atoms with Gasteiger partial charge in [0.15, 0.2) is 0 Å². The van der Waals surface area contributed by atoms with Crippen LogP contribution in [0.25, 0.3) is 5.76 Å². The van der Waals surface area contributed by atoms with E-state index in [0.29, 0.717) is 16.1 Å². The molecule has 5 nitrogen and oxygen atoms in total. The molecule has 144 valence electrons. The summed E-state index contributed by atoms with van der Waals surface area (Å²) in [5.41, 5.74) is 1.01. The fourth-order valence-corrected chi connectivity index (χ4v) is 3.48. The number of carbonyl (C=O) groups is 2. The van der Waals surface area contributed by atoms with Gasteiger partial charge in [0.2, 0.25) is 0 Å². The SMILES string of the molecule is O=C1C(=O)N(c2cccc(F)c2)C(c2ccc(Cl)cc2)/C1=C(\O)c1ccncc1. The van der Waals surface area contributed by atoms with Gasteiger partial charge in [-0.15, -0.1) is 0 Å². The zero-order valence-corrected chi connectivity index (χ0v) is 15.7. The number of benzene rings is 2. The first-order chi connectivity index (χ1) is 14.0. The average Bonchev–Trinajstić information content (AvgIpc) is 2.99. The highest BCUT2D eigenvalue weighted by Crippen LogP contribution is 2.42. The number of pyridine rings is 1. The van der Waals surface area contributed by atoms with Crippen molar-refractivity contribution in [3.05, 3.63) is 101 Å². The van der Waals surface area contributed by atoms with E-state index in [1.54, 1.807) is 24.3 Å². The fourth-order valence-electron chi connectivity index (χ4n) is 3.35. The van der Waals surface area contributed by atoms with Gasteiger partial charge in [-0.2, -0.15) is 0 Å². The zero-order valence-electron chi connectivity index (χ0n) is 14.9. The molecule has 0 radical (unpaired) electrons. The van der Waals surface area contributed by atoms with E-state index < -0.39 is 23.5 Å². The van der Waals surface area contributed by atoms with E-state index in [2.05, 4.69) is 4.98 Å². The Balaban J connectivity index is 1.96. The third-order valence-electron chi connectivity index (χ3n) is 4.67. The highest BCUT2D eigenvalue weighted by Gasteiger charge is 2.47. The molecular weight excluding hydrogens is 395 g/mol. The third kappa shape index (κ3) is 3.39. The first kappa shape index (κ1) is 18.8. The summed E-state index contributed by atoms with van der Waals surface area (Å²) in [6, 6.07) is 14.1. The maximum atomic E-state index is 13.8. The number of rotatable bonds is 3. The molecule has 1 fully saturated rings. The van der Waals surface area contributed by atoms with E-state index in [1.165, 1.54) is 53.7 Å². The number of anilines is 1. The molecule has 1 saturated heterocycles. The number of nitrogens with zero attached hydrogens (tertiary/aromatic N) is 2. The van der Waals surface area contributed by atoms with Gasteiger partial charge >= 0.3 is 0 Å². The van der Waals surface area contributed by atoms with E-state index in [0.717, 1.165) is 0 Å². The van der Waals surface area contributed by atoms with Crippen molar-refractivity contribution in [1.29, 1.82) is 0 Å². The quantitative estimate of drug-likeness (QED) is 0.393. The molecule has 0 saturated carbocycles. The predicted octanol–water partition coefficient (Wildman–Crippen LogP) is 4.50. The van der Waals surface area contributed by atoms with Gasteiger partial charge in [-0.25, -0.2) is 4.39 Å². The van der Waals surface area contributed by atoms with E-state index in [4.69, 9.17) is 11.6 Å². The number of amides is 1. The predicted molar refractivity (Wildman–Crippen MR) is 107 cm³/mol. The molecule has 7 heteroatoms. The van der Waals surface area contributed by atoms with Gasteiger partial charge in [0.1, 0.15) is 11.6 Å². The second-order valence-electron chi connectivity index (χ2n) is 6.44. The van der Waals surface area contributed by atoms with Crippen molar-refractivity contribution in [2.24, 2.45) is 0 Å². The summed E-state index contributed by atoms with van der Waals surface area (Å²) >= 11 is 5.98. The van der Waals surface area contributed by atoms with E-state index >= 15 is 0 Å². The highest BCUT2D eigenvalue weighted by atomic mass is 35.5. The molecule has 1 aliphatic rings. The van der Waals surface area contributed by atoms with Gasteiger partial charge in [0, 0.05) is 28.7 Å². The minimum Gasteiger partial charge on any atom is -0.507 e. The van der Waals surface area contributed by atoms with Crippen LogP contribution >= 0.6 is 11.6 Å². The Bertz CT molecular complexity index is 1130. The van der Waals surface area contributed by atoms with Crippen LogP contribution in [-0.4, -0.2) is 21.8 Å². The monoisotopic (exact) mass is 408 g/mol. The van der Waals surface area contributed by atoms with Gasteiger partial charge in [0.05, 0.1) is 11.6 Å². The molecule has 0 spiro atoms.